The molecule has 0 aliphatic carbocycles. The van der Waals surface area contributed by atoms with Gasteiger partial charge in [-0.1, -0.05) is 44.4 Å². The Bertz CT molecular complexity index is 541. The minimum atomic E-state index is -0.700. The molecular weight excluding hydrogens is 272 g/mol. The van der Waals surface area contributed by atoms with E-state index < -0.39 is 5.97 Å². The molecule has 1 N–H and O–H groups in total. The van der Waals surface area contributed by atoms with Crippen LogP contribution in [-0.4, -0.2) is 11.1 Å². The molecule has 0 rings (SSSR count). The van der Waals surface area contributed by atoms with Crippen LogP contribution in [0.5, 0.6) is 0 Å². The first-order valence-electron chi connectivity index (χ1n) is 7.95. The van der Waals surface area contributed by atoms with Crippen molar-refractivity contribution in [2.75, 3.05) is 0 Å². The standard InChI is InChI=1S/C20H24O2/c1-2-3-4-5-6-7-8-9-10-11-12-13-14-15-16-17-18-19-20(21)22/h2-3,12-19H2,1H3,(H,21,22). The highest BCUT2D eigenvalue weighted by molar-refractivity contribution is 5.66. The Labute approximate surface area is 135 Å². The smallest absolute Gasteiger partial charge is 0.303 e. The molecule has 0 heterocycles. The summed E-state index contributed by atoms with van der Waals surface area (Å²) < 4.78 is 0. The lowest BCUT2D eigenvalue weighted by molar-refractivity contribution is -0.137. The first-order valence-corrected chi connectivity index (χ1v) is 7.95. The molecule has 22 heavy (non-hydrogen) atoms. The van der Waals surface area contributed by atoms with Crippen LogP contribution in [0.25, 0.3) is 0 Å². The Hall–Kier alpha value is -2.29. The number of carboxylic acid groups (broad SMARTS) is 1. The first-order chi connectivity index (χ1) is 10.8. The number of hydrogen-bond acceptors (Lipinski definition) is 1. The molecule has 0 aromatic carbocycles. The molecule has 2 nitrogen and oxygen atoms in total. The Morgan fingerprint density at radius 2 is 1.23 bits per heavy atom. The third kappa shape index (κ3) is 17.7. The Morgan fingerprint density at radius 1 is 0.727 bits per heavy atom. The van der Waals surface area contributed by atoms with Gasteiger partial charge in [0.1, 0.15) is 0 Å². The van der Waals surface area contributed by atoms with Crippen molar-refractivity contribution in [1.29, 1.82) is 0 Å². The second-order valence-electron chi connectivity index (χ2n) is 4.87. The van der Waals surface area contributed by atoms with Crippen molar-refractivity contribution in [2.45, 2.75) is 71.1 Å². The van der Waals surface area contributed by atoms with Crippen LogP contribution in [0.15, 0.2) is 0 Å². The summed E-state index contributed by atoms with van der Waals surface area (Å²) in [7, 11) is 0. The molecule has 0 aromatic rings. The zero-order chi connectivity index (χ0) is 16.3. The van der Waals surface area contributed by atoms with Crippen LogP contribution in [0.1, 0.15) is 71.1 Å². The fraction of sp³-hybridized carbons (Fsp3) is 0.550. The summed E-state index contributed by atoms with van der Waals surface area (Å²) >= 11 is 0. The highest BCUT2D eigenvalue weighted by atomic mass is 16.4. The predicted octanol–water partition coefficient (Wildman–Crippen LogP) is 4.01. The summed E-state index contributed by atoms with van der Waals surface area (Å²) in [6.45, 7) is 2.08. The van der Waals surface area contributed by atoms with Gasteiger partial charge in [-0.2, -0.15) is 0 Å². The lowest BCUT2D eigenvalue weighted by atomic mass is 10.1. The molecule has 0 aliphatic heterocycles. The van der Waals surface area contributed by atoms with Crippen LogP contribution in [0.2, 0.25) is 0 Å². The van der Waals surface area contributed by atoms with Gasteiger partial charge in [0.2, 0.25) is 0 Å². The van der Waals surface area contributed by atoms with Crippen molar-refractivity contribution >= 4 is 5.97 Å². The van der Waals surface area contributed by atoms with E-state index in [1.807, 2.05) is 0 Å². The van der Waals surface area contributed by atoms with Crippen molar-refractivity contribution in [3.05, 3.63) is 0 Å². The minimum Gasteiger partial charge on any atom is -0.481 e. The monoisotopic (exact) mass is 296 g/mol. The lowest BCUT2D eigenvalue weighted by Gasteiger charge is -1.98. The highest BCUT2D eigenvalue weighted by Gasteiger charge is 1.95. The normalized spacial score (nSPS) is 8.05. The molecule has 0 fully saturated rings. The van der Waals surface area contributed by atoms with E-state index in [1.54, 1.807) is 0 Å². The molecule has 0 saturated heterocycles. The topological polar surface area (TPSA) is 37.3 Å². The predicted molar refractivity (Wildman–Crippen MR) is 90.6 cm³/mol. The molecule has 0 amide bonds. The molecule has 2 heteroatoms. The van der Waals surface area contributed by atoms with Crippen molar-refractivity contribution in [2.24, 2.45) is 0 Å². The molecule has 0 unspecified atom stereocenters. The number of rotatable bonds is 9. The van der Waals surface area contributed by atoms with Crippen LogP contribution in [0.3, 0.4) is 0 Å². The van der Waals surface area contributed by atoms with Crippen molar-refractivity contribution < 1.29 is 9.90 Å². The third-order valence-corrected chi connectivity index (χ3v) is 2.81. The van der Waals surface area contributed by atoms with E-state index in [0.29, 0.717) is 0 Å². The van der Waals surface area contributed by atoms with E-state index >= 15 is 0 Å². The van der Waals surface area contributed by atoms with Gasteiger partial charge in [0.15, 0.2) is 0 Å². The van der Waals surface area contributed by atoms with Crippen LogP contribution in [0, 0.1) is 47.4 Å². The molecule has 0 spiro atoms. The van der Waals surface area contributed by atoms with Gasteiger partial charge in [-0.05, 0) is 54.8 Å². The lowest BCUT2D eigenvalue weighted by Crippen LogP contribution is -1.93. The number of aliphatic carboxylic acids is 1. The van der Waals surface area contributed by atoms with Crippen molar-refractivity contribution in [1.82, 2.24) is 0 Å². The quantitative estimate of drug-likeness (QED) is 0.515. The van der Waals surface area contributed by atoms with Gasteiger partial charge >= 0.3 is 5.97 Å². The summed E-state index contributed by atoms with van der Waals surface area (Å²) in [5.41, 5.74) is 0. The molecule has 0 radical (unpaired) electrons. The fourth-order valence-electron chi connectivity index (χ4n) is 1.66. The largest absolute Gasteiger partial charge is 0.481 e. The summed E-state index contributed by atoms with van der Waals surface area (Å²) in [5, 5.41) is 8.50. The Balaban J connectivity index is 3.50. The van der Waals surface area contributed by atoms with E-state index in [0.717, 1.165) is 57.8 Å². The maximum atomic E-state index is 10.3. The molecule has 116 valence electrons. The average Bonchev–Trinajstić information content (AvgIpc) is 2.50. The van der Waals surface area contributed by atoms with Crippen LogP contribution in [-0.2, 0) is 4.79 Å². The molecule has 0 aliphatic rings. The second kappa shape index (κ2) is 16.8. The van der Waals surface area contributed by atoms with E-state index in [9.17, 15) is 4.79 Å². The molecule has 0 atom stereocenters. The van der Waals surface area contributed by atoms with Gasteiger partial charge in [0.05, 0.1) is 0 Å². The molecule has 0 aromatic heterocycles. The van der Waals surface area contributed by atoms with Gasteiger partial charge in [-0.25, -0.2) is 0 Å². The van der Waals surface area contributed by atoms with Crippen molar-refractivity contribution in [3.8, 4) is 47.4 Å². The first kappa shape index (κ1) is 19.7. The maximum absolute atomic E-state index is 10.3. The average molecular weight is 296 g/mol. The summed E-state index contributed by atoms with van der Waals surface area (Å²) in [4.78, 5) is 10.3. The third-order valence-electron chi connectivity index (χ3n) is 2.81. The van der Waals surface area contributed by atoms with Gasteiger partial charge < -0.3 is 5.11 Å². The zero-order valence-electron chi connectivity index (χ0n) is 13.4. The maximum Gasteiger partial charge on any atom is 0.303 e. The van der Waals surface area contributed by atoms with Gasteiger partial charge in [-0.3, -0.25) is 4.79 Å². The zero-order valence-corrected chi connectivity index (χ0v) is 13.4. The van der Waals surface area contributed by atoms with Gasteiger partial charge in [0.25, 0.3) is 0 Å². The number of carboxylic acids is 1. The van der Waals surface area contributed by atoms with Gasteiger partial charge in [-0.15, -0.1) is 0 Å². The van der Waals surface area contributed by atoms with Crippen LogP contribution < -0.4 is 0 Å². The summed E-state index contributed by atoms with van der Waals surface area (Å²) in [6.07, 6.45) is 9.33. The fourth-order valence-corrected chi connectivity index (χ4v) is 1.66. The molecule has 0 bridgehead atoms. The highest BCUT2D eigenvalue weighted by Crippen LogP contribution is 2.08. The van der Waals surface area contributed by atoms with E-state index in [-0.39, 0.29) is 6.42 Å². The number of hydrogen-bond donors (Lipinski definition) is 1. The number of unbranched alkanes of at least 4 members (excludes halogenated alkanes) is 7. The summed E-state index contributed by atoms with van der Waals surface area (Å²) in [6, 6.07) is 0. The second-order valence-corrected chi connectivity index (χ2v) is 4.87. The Kier molecular flexibility index (Phi) is 15.0. The number of carbonyl (C=O) groups is 1. The molecule has 0 saturated carbocycles. The van der Waals surface area contributed by atoms with Gasteiger partial charge in [0, 0.05) is 19.3 Å². The van der Waals surface area contributed by atoms with Crippen LogP contribution in [0.4, 0.5) is 0 Å². The molecular formula is C20H24O2. The Morgan fingerprint density at radius 3 is 1.82 bits per heavy atom. The van der Waals surface area contributed by atoms with E-state index in [4.69, 9.17) is 5.11 Å². The van der Waals surface area contributed by atoms with E-state index in [2.05, 4.69) is 54.3 Å². The SMILES string of the molecule is CCCC#CC#CC#CC#CCCCCCCCCC(=O)O. The summed E-state index contributed by atoms with van der Waals surface area (Å²) in [5.74, 6) is 21.4. The van der Waals surface area contributed by atoms with Crippen molar-refractivity contribution in [3.63, 3.8) is 0 Å². The van der Waals surface area contributed by atoms with E-state index in [1.165, 1.54) is 0 Å². The minimum absolute atomic E-state index is 0.289. The van der Waals surface area contributed by atoms with Crippen LogP contribution >= 0.6 is 0 Å².